The van der Waals surface area contributed by atoms with Crippen LogP contribution in [0.5, 0.6) is 0 Å². The number of hydrogen-bond acceptors (Lipinski definition) is 4. The van der Waals surface area contributed by atoms with E-state index < -0.39 is 28.1 Å². The number of nitro groups is 1. The first-order chi connectivity index (χ1) is 11.2. The van der Waals surface area contributed by atoms with E-state index >= 15 is 0 Å². The molecule has 2 rings (SSSR count). The summed E-state index contributed by atoms with van der Waals surface area (Å²) in [6, 6.07) is 6.74. The Hall–Kier alpha value is -2.67. The summed E-state index contributed by atoms with van der Waals surface area (Å²) in [5.74, 6) is -0.467. The van der Waals surface area contributed by atoms with Crippen molar-refractivity contribution in [1.29, 1.82) is 0 Å². The number of aromatic nitrogens is 1. The molecule has 1 unspecified atom stereocenters. The van der Waals surface area contributed by atoms with E-state index in [4.69, 9.17) is 11.6 Å². The molecule has 2 aromatic rings. The maximum atomic E-state index is 12.5. The van der Waals surface area contributed by atoms with Gasteiger partial charge in [0.2, 0.25) is 5.91 Å². The maximum Gasteiger partial charge on any atom is 0.334 e. The number of nitrogens with one attached hydrogen (secondary N) is 1. The average molecular weight is 350 g/mol. The van der Waals surface area contributed by atoms with Gasteiger partial charge in [0.05, 0.1) is 4.92 Å². The molecule has 8 heteroatoms. The number of benzene rings is 1. The smallest absolute Gasteiger partial charge is 0.324 e. The van der Waals surface area contributed by atoms with Crippen LogP contribution in [0, 0.1) is 24.0 Å². The Bertz CT molecular complexity index is 876. The summed E-state index contributed by atoms with van der Waals surface area (Å²) < 4.78 is 1.10. The number of carbonyl (C=O) groups excluding carboxylic acids is 1. The molecule has 1 amide bonds. The number of rotatable bonds is 4. The van der Waals surface area contributed by atoms with Crippen molar-refractivity contribution in [3.63, 3.8) is 0 Å². The second-order valence-corrected chi connectivity index (χ2v) is 5.78. The molecule has 0 saturated carbocycles. The number of amides is 1. The number of carbonyl (C=O) groups is 1. The third kappa shape index (κ3) is 3.30. The van der Waals surface area contributed by atoms with Crippen molar-refractivity contribution in [2.75, 3.05) is 5.32 Å². The van der Waals surface area contributed by atoms with Gasteiger partial charge in [0.15, 0.2) is 0 Å². The topological polar surface area (TPSA) is 94.2 Å². The van der Waals surface area contributed by atoms with Gasteiger partial charge in [-0.15, -0.1) is 0 Å². The van der Waals surface area contributed by atoms with Crippen molar-refractivity contribution in [3.05, 3.63) is 67.1 Å². The summed E-state index contributed by atoms with van der Waals surface area (Å²) in [6.45, 7) is 4.88. The predicted octanol–water partition coefficient (Wildman–Crippen LogP) is 3.23. The van der Waals surface area contributed by atoms with Gasteiger partial charge in [-0.2, -0.15) is 0 Å². The number of halogens is 1. The standard InChI is InChI=1S/C16H16ClN3O4/c1-9-7-8-14(20(23)24)16(22)19(9)11(3)15(21)18-13-6-4-5-12(17)10(13)2/h4-8,11H,1-3H3,(H,18,21). The summed E-state index contributed by atoms with van der Waals surface area (Å²) >= 11 is 6.02. The number of pyridine rings is 1. The molecule has 1 N–H and O–H groups in total. The van der Waals surface area contributed by atoms with Gasteiger partial charge in [0, 0.05) is 22.5 Å². The highest BCUT2D eigenvalue weighted by Gasteiger charge is 2.23. The summed E-state index contributed by atoms with van der Waals surface area (Å²) in [4.78, 5) is 34.9. The van der Waals surface area contributed by atoms with E-state index in [-0.39, 0.29) is 0 Å². The van der Waals surface area contributed by atoms with Crippen molar-refractivity contribution in [2.24, 2.45) is 0 Å². The lowest BCUT2D eigenvalue weighted by Gasteiger charge is -2.18. The minimum absolute atomic E-state index is 0.455. The minimum Gasteiger partial charge on any atom is -0.324 e. The largest absolute Gasteiger partial charge is 0.334 e. The Labute approximate surface area is 143 Å². The van der Waals surface area contributed by atoms with Crippen molar-refractivity contribution in [1.82, 2.24) is 4.57 Å². The monoisotopic (exact) mass is 349 g/mol. The first kappa shape index (κ1) is 17.7. The molecule has 0 aliphatic rings. The zero-order valence-electron chi connectivity index (χ0n) is 13.4. The first-order valence-electron chi connectivity index (χ1n) is 7.16. The van der Waals surface area contributed by atoms with E-state index in [1.165, 1.54) is 13.0 Å². The summed E-state index contributed by atoms with van der Waals surface area (Å²) in [5, 5.41) is 14.1. The minimum atomic E-state index is -0.921. The zero-order valence-corrected chi connectivity index (χ0v) is 14.1. The molecule has 1 aromatic heterocycles. The Kier molecular flexibility index (Phi) is 5.04. The molecule has 126 valence electrons. The lowest BCUT2D eigenvalue weighted by Crippen LogP contribution is -2.33. The normalized spacial score (nSPS) is 11.8. The van der Waals surface area contributed by atoms with E-state index in [0.29, 0.717) is 22.0 Å². The highest BCUT2D eigenvalue weighted by atomic mass is 35.5. The van der Waals surface area contributed by atoms with Crippen LogP contribution in [0.25, 0.3) is 0 Å². The van der Waals surface area contributed by atoms with Crippen molar-refractivity contribution < 1.29 is 9.72 Å². The van der Waals surface area contributed by atoms with Crippen LogP contribution in [0.4, 0.5) is 11.4 Å². The third-order valence-electron chi connectivity index (χ3n) is 3.79. The molecular formula is C16H16ClN3O4. The van der Waals surface area contributed by atoms with Gasteiger partial charge < -0.3 is 5.32 Å². The van der Waals surface area contributed by atoms with Gasteiger partial charge in [-0.1, -0.05) is 17.7 Å². The molecular weight excluding hydrogens is 334 g/mol. The molecule has 7 nitrogen and oxygen atoms in total. The number of anilines is 1. The van der Waals surface area contributed by atoms with E-state index in [2.05, 4.69) is 5.32 Å². The van der Waals surface area contributed by atoms with Gasteiger partial charge in [-0.05, 0) is 44.5 Å². The lowest BCUT2D eigenvalue weighted by molar-refractivity contribution is -0.386. The number of hydrogen-bond donors (Lipinski definition) is 1. The number of aryl methyl sites for hydroxylation is 1. The predicted molar refractivity (Wildman–Crippen MR) is 91.6 cm³/mol. The van der Waals surface area contributed by atoms with Crippen molar-refractivity contribution >= 4 is 28.9 Å². The maximum absolute atomic E-state index is 12.5. The average Bonchev–Trinajstić information content (AvgIpc) is 2.51. The molecule has 0 bridgehead atoms. The molecule has 0 aliphatic carbocycles. The quantitative estimate of drug-likeness (QED) is 0.677. The van der Waals surface area contributed by atoms with Crippen LogP contribution in [-0.4, -0.2) is 15.4 Å². The highest BCUT2D eigenvalue weighted by molar-refractivity contribution is 6.31. The van der Waals surface area contributed by atoms with Crippen LogP contribution < -0.4 is 10.9 Å². The van der Waals surface area contributed by atoms with Crippen LogP contribution in [0.2, 0.25) is 5.02 Å². The highest BCUT2D eigenvalue weighted by Crippen LogP contribution is 2.24. The molecule has 0 radical (unpaired) electrons. The second kappa shape index (κ2) is 6.84. The Morgan fingerprint density at radius 1 is 1.29 bits per heavy atom. The van der Waals surface area contributed by atoms with Crippen LogP contribution in [-0.2, 0) is 4.79 Å². The second-order valence-electron chi connectivity index (χ2n) is 5.37. The zero-order chi connectivity index (χ0) is 18.0. The first-order valence-corrected chi connectivity index (χ1v) is 7.54. The molecule has 0 aliphatic heterocycles. The van der Waals surface area contributed by atoms with E-state index in [0.717, 1.165) is 10.6 Å². The fourth-order valence-corrected chi connectivity index (χ4v) is 2.53. The Balaban J connectivity index is 2.38. The van der Waals surface area contributed by atoms with Crippen molar-refractivity contribution in [3.8, 4) is 0 Å². The van der Waals surface area contributed by atoms with E-state index in [1.54, 1.807) is 32.0 Å². The van der Waals surface area contributed by atoms with Gasteiger partial charge in [-0.25, -0.2) is 0 Å². The Morgan fingerprint density at radius 3 is 2.58 bits per heavy atom. The molecule has 24 heavy (non-hydrogen) atoms. The molecule has 1 heterocycles. The van der Waals surface area contributed by atoms with Crippen LogP contribution in [0.15, 0.2) is 35.1 Å². The Morgan fingerprint density at radius 2 is 1.96 bits per heavy atom. The van der Waals surface area contributed by atoms with Gasteiger partial charge >= 0.3 is 11.2 Å². The molecule has 0 saturated heterocycles. The van der Waals surface area contributed by atoms with Crippen LogP contribution in [0.3, 0.4) is 0 Å². The fraction of sp³-hybridized carbons (Fsp3) is 0.250. The molecule has 1 aromatic carbocycles. The molecule has 0 fully saturated rings. The van der Waals surface area contributed by atoms with Gasteiger partial charge in [-0.3, -0.25) is 24.3 Å². The number of nitrogens with zero attached hydrogens (tertiary/aromatic N) is 2. The van der Waals surface area contributed by atoms with E-state index in [1.807, 2.05) is 0 Å². The SMILES string of the molecule is Cc1c(Cl)cccc1NC(=O)C(C)n1c(C)ccc([N+](=O)[O-])c1=O. The molecule has 1 atom stereocenters. The fourth-order valence-electron chi connectivity index (χ4n) is 2.35. The van der Waals surface area contributed by atoms with Crippen LogP contribution >= 0.6 is 11.6 Å². The molecule has 0 spiro atoms. The van der Waals surface area contributed by atoms with Gasteiger partial charge in [0.1, 0.15) is 6.04 Å². The van der Waals surface area contributed by atoms with Crippen molar-refractivity contribution in [2.45, 2.75) is 26.8 Å². The van der Waals surface area contributed by atoms with E-state index in [9.17, 15) is 19.7 Å². The summed E-state index contributed by atoms with van der Waals surface area (Å²) in [5.41, 5.74) is 0.291. The third-order valence-corrected chi connectivity index (χ3v) is 4.20. The van der Waals surface area contributed by atoms with Gasteiger partial charge in [0.25, 0.3) is 0 Å². The summed E-state index contributed by atoms with van der Waals surface area (Å²) in [7, 11) is 0. The summed E-state index contributed by atoms with van der Waals surface area (Å²) in [6.07, 6.45) is 0. The lowest BCUT2D eigenvalue weighted by atomic mass is 10.2. The van der Waals surface area contributed by atoms with Crippen LogP contribution in [0.1, 0.15) is 24.2 Å².